The number of allylic oxidation sites excluding steroid dienone is 1. The first kappa shape index (κ1) is 8.21. The first-order chi connectivity index (χ1) is 4.09. The maximum atomic E-state index is 10.5. The predicted molar refractivity (Wildman–Crippen MR) is 37.9 cm³/mol. The summed E-state index contributed by atoms with van der Waals surface area (Å²) in [4.78, 5) is 10.5. The van der Waals surface area contributed by atoms with Gasteiger partial charge in [0.2, 0.25) is 5.91 Å². The summed E-state index contributed by atoms with van der Waals surface area (Å²) >= 11 is 0. The van der Waals surface area contributed by atoms with E-state index in [1.54, 1.807) is 6.92 Å². The molecule has 0 aliphatic carbocycles. The van der Waals surface area contributed by atoms with Crippen LogP contribution in [0.3, 0.4) is 0 Å². The Labute approximate surface area is 55.7 Å². The molecule has 0 bridgehead atoms. The van der Waals surface area contributed by atoms with Crippen LogP contribution in [0.25, 0.3) is 0 Å². The van der Waals surface area contributed by atoms with Crippen molar-refractivity contribution >= 4 is 5.91 Å². The zero-order chi connectivity index (χ0) is 7.44. The van der Waals surface area contributed by atoms with Crippen LogP contribution in [0.4, 0.5) is 0 Å². The number of carbonyl (C=O) groups excluding carboxylic acids is 1. The van der Waals surface area contributed by atoms with E-state index in [1.165, 1.54) is 0 Å². The van der Waals surface area contributed by atoms with Gasteiger partial charge in [-0.05, 0) is 20.3 Å². The molecule has 0 unspecified atom stereocenters. The molecule has 0 aromatic rings. The van der Waals surface area contributed by atoms with E-state index in [0.717, 1.165) is 12.0 Å². The van der Waals surface area contributed by atoms with Gasteiger partial charge in [0.1, 0.15) is 0 Å². The van der Waals surface area contributed by atoms with Crippen LogP contribution in [0.1, 0.15) is 27.2 Å². The van der Waals surface area contributed by atoms with Crippen LogP contribution in [0.5, 0.6) is 0 Å². The van der Waals surface area contributed by atoms with Gasteiger partial charge in [0.25, 0.3) is 0 Å². The minimum Gasteiger partial charge on any atom is -0.366 e. The minimum atomic E-state index is -0.311. The summed E-state index contributed by atoms with van der Waals surface area (Å²) < 4.78 is 0. The molecule has 0 radical (unpaired) electrons. The van der Waals surface area contributed by atoms with E-state index in [0.29, 0.717) is 5.57 Å². The molecule has 0 aliphatic rings. The summed E-state index contributed by atoms with van der Waals surface area (Å²) in [7, 11) is 0. The second kappa shape index (κ2) is 3.28. The molecule has 2 N–H and O–H groups in total. The molecule has 9 heavy (non-hydrogen) atoms. The lowest BCUT2D eigenvalue weighted by Gasteiger charge is -1.98. The predicted octanol–water partition coefficient (Wildman–Crippen LogP) is 1.22. The van der Waals surface area contributed by atoms with Crippen molar-refractivity contribution in [1.29, 1.82) is 0 Å². The molecule has 0 rings (SSSR count). The first-order valence-corrected chi connectivity index (χ1v) is 3.05. The molecule has 0 aliphatic heterocycles. The zero-order valence-electron chi connectivity index (χ0n) is 6.19. The zero-order valence-corrected chi connectivity index (χ0v) is 6.19. The van der Waals surface area contributed by atoms with Gasteiger partial charge in [-0.25, -0.2) is 0 Å². The summed E-state index contributed by atoms with van der Waals surface area (Å²) in [5.41, 5.74) is 6.78. The number of rotatable bonds is 2. The van der Waals surface area contributed by atoms with E-state index in [9.17, 15) is 4.79 Å². The maximum Gasteiger partial charge on any atom is 0.244 e. The van der Waals surface area contributed by atoms with Crippen molar-refractivity contribution in [2.45, 2.75) is 27.2 Å². The first-order valence-electron chi connectivity index (χ1n) is 3.05. The minimum absolute atomic E-state index is 0.311. The fraction of sp³-hybridized carbons (Fsp3) is 0.571. The standard InChI is InChI=1S/C7H13NO/c1-4-5(2)6(3)7(8)9/h4H2,1-3H3,(H2,8,9)/b6-5-. The third-order valence-electron chi connectivity index (χ3n) is 1.54. The summed E-state index contributed by atoms with van der Waals surface area (Å²) in [5, 5.41) is 0. The highest BCUT2D eigenvalue weighted by molar-refractivity contribution is 5.91. The quantitative estimate of drug-likeness (QED) is 0.557. The summed E-state index contributed by atoms with van der Waals surface area (Å²) in [6.45, 7) is 5.67. The van der Waals surface area contributed by atoms with Gasteiger partial charge in [-0.1, -0.05) is 12.5 Å². The Kier molecular flexibility index (Phi) is 2.99. The third-order valence-corrected chi connectivity index (χ3v) is 1.54. The largest absolute Gasteiger partial charge is 0.366 e. The Hall–Kier alpha value is -0.790. The molecular formula is C7H13NO. The normalized spacial score (nSPS) is 12.8. The van der Waals surface area contributed by atoms with E-state index in [2.05, 4.69) is 0 Å². The van der Waals surface area contributed by atoms with Gasteiger partial charge < -0.3 is 5.73 Å². The van der Waals surface area contributed by atoms with Gasteiger partial charge in [0.05, 0.1) is 0 Å². The SMILES string of the molecule is CC/C(C)=C(/C)C(N)=O. The van der Waals surface area contributed by atoms with Gasteiger partial charge in [-0.2, -0.15) is 0 Å². The Bertz CT molecular complexity index is 147. The Balaban J connectivity index is 4.28. The number of hydrogen-bond donors (Lipinski definition) is 1. The molecule has 0 saturated heterocycles. The van der Waals surface area contributed by atoms with Crippen LogP contribution >= 0.6 is 0 Å². The van der Waals surface area contributed by atoms with E-state index in [4.69, 9.17) is 5.73 Å². The molecule has 0 heterocycles. The monoisotopic (exact) mass is 127 g/mol. The molecule has 2 nitrogen and oxygen atoms in total. The molecule has 1 amide bonds. The highest BCUT2D eigenvalue weighted by Gasteiger charge is 1.99. The molecule has 0 atom stereocenters. The van der Waals surface area contributed by atoms with E-state index in [-0.39, 0.29) is 5.91 Å². The van der Waals surface area contributed by atoms with Crippen LogP contribution in [-0.4, -0.2) is 5.91 Å². The summed E-state index contributed by atoms with van der Waals surface area (Å²) in [6, 6.07) is 0. The van der Waals surface area contributed by atoms with Crippen molar-refractivity contribution in [2.75, 3.05) is 0 Å². The Morgan fingerprint density at radius 2 is 1.89 bits per heavy atom. The smallest absolute Gasteiger partial charge is 0.244 e. The summed E-state index contributed by atoms with van der Waals surface area (Å²) in [5.74, 6) is -0.311. The number of hydrogen-bond acceptors (Lipinski definition) is 1. The highest BCUT2D eigenvalue weighted by Crippen LogP contribution is 2.05. The fourth-order valence-corrected chi connectivity index (χ4v) is 0.475. The van der Waals surface area contributed by atoms with Crippen LogP contribution in [0, 0.1) is 0 Å². The number of nitrogens with two attached hydrogens (primary N) is 1. The number of primary amides is 1. The second-order valence-electron chi connectivity index (χ2n) is 2.12. The third kappa shape index (κ3) is 2.31. The van der Waals surface area contributed by atoms with E-state index < -0.39 is 0 Å². The molecule has 2 heteroatoms. The molecule has 0 spiro atoms. The number of carbonyl (C=O) groups is 1. The number of amides is 1. The molecule has 0 aromatic heterocycles. The van der Waals surface area contributed by atoms with Gasteiger partial charge >= 0.3 is 0 Å². The van der Waals surface area contributed by atoms with Crippen molar-refractivity contribution in [3.63, 3.8) is 0 Å². The van der Waals surface area contributed by atoms with E-state index >= 15 is 0 Å². The molecular weight excluding hydrogens is 114 g/mol. The lowest BCUT2D eigenvalue weighted by atomic mass is 10.1. The van der Waals surface area contributed by atoms with Crippen LogP contribution < -0.4 is 5.73 Å². The van der Waals surface area contributed by atoms with Gasteiger partial charge in [-0.3, -0.25) is 4.79 Å². The van der Waals surface area contributed by atoms with Crippen molar-refractivity contribution in [3.8, 4) is 0 Å². The van der Waals surface area contributed by atoms with Gasteiger partial charge in [0, 0.05) is 5.57 Å². The van der Waals surface area contributed by atoms with Crippen molar-refractivity contribution in [1.82, 2.24) is 0 Å². The van der Waals surface area contributed by atoms with Crippen LogP contribution in [-0.2, 0) is 4.79 Å². The summed E-state index contributed by atoms with van der Waals surface area (Å²) in [6.07, 6.45) is 0.898. The topological polar surface area (TPSA) is 43.1 Å². The maximum absolute atomic E-state index is 10.5. The van der Waals surface area contributed by atoms with Gasteiger partial charge in [0.15, 0.2) is 0 Å². The highest BCUT2D eigenvalue weighted by atomic mass is 16.1. The Morgan fingerprint density at radius 1 is 1.44 bits per heavy atom. The molecule has 0 aromatic carbocycles. The molecule has 0 saturated carbocycles. The second-order valence-corrected chi connectivity index (χ2v) is 2.12. The van der Waals surface area contributed by atoms with Crippen molar-refractivity contribution in [3.05, 3.63) is 11.1 Å². The van der Waals surface area contributed by atoms with E-state index in [1.807, 2.05) is 13.8 Å². The Morgan fingerprint density at radius 3 is 2.00 bits per heavy atom. The average Bonchev–Trinajstić information content (AvgIpc) is 1.84. The van der Waals surface area contributed by atoms with Crippen LogP contribution in [0.2, 0.25) is 0 Å². The van der Waals surface area contributed by atoms with Crippen molar-refractivity contribution < 1.29 is 4.79 Å². The molecule has 0 fully saturated rings. The fourth-order valence-electron chi connectivity index (χ4n) is 0.475. The van der Waals surface area contributed by atoms with Crippen molar-refractivity contribution in [2.24, 2.45) is 5.73 Å². The van der Waals surface area contributed by atoms with Crippen LogP contribution in [0.15, 0.2) is 11.1 Å². The lowest BCUT2D eigenvalue weighted by molar-refractivity contribution is -0.114. The molecule has 52 valence electrons. The van der Waals surface area contributed by atoms with Gasteiger partial charge in [-0.15, -0.1) is 0 Å². The lowest BCUT2D eigenvalue weighted by Crippen LogP contribution is -2.12. The average molecular weight is 127 g/mol.